The summed E-state index contributed by atoms with van der Waals surface area (Å²) in [4.78, 5) is 17.1. The zero-order valence-corrected chi connectivity index (χ0v) is 12.0. The van der Waals surface area contributed by atoms with Gasteiger partial charge in [0.2, 0.25) is 0 Å². The summed E-state index contributed by atoms with van der Waals surface area (Å²) in [6, 6.07) is 7.62. The van der Waals surface area contributed by atoms with Crippen molar-refractivity contribution in [2.75, 3.05) is 5.32 Å². The van der Waals surface area contributed by atoms with Crippen LogP contribution in [0.1, 0.15) is 17.4 Å². The van der Waals surface area contributed by atoms with E-state index in [1.807, 2.05) is 38.1 Å². The minimum absolute atomic E-state index is 0.197. The number of rotatable bonds is 4. The summed E-state index contributed by atoms with van der Waals surface area (Å²) >= 11 is 1.44. The second kappa shape index (κ2) is 5.84. The molecule has 2 aromatic rings. The van der Waals surface area contributed by atoms with Crippen LogP contribution in [0.15, 0.2) is 30.5 Å². The Labute approximate surface area is 116 Å². The molecule has 5 heteroatoms. The number of aryl methyl sites for hydroxylation is 2. The molecular formula is C14H16N2O2S. The van der Waals surface area contributed by atoms with E-state index in [4.69, 9.17) is 4.74 Å². The van der Waals surface area contributed by atoms with Crippen molar-refractivity contribution in [3.8, 4) is 5.75 Å². The van der Waals surface area contributed by atoms with Gasteiger partial charge in [-0.25, -0.2) is 4.98 Å². The molecule has 1 aromatic carbocycles. The van der Waals surface area contributed by atoms with Crippen LogP contribution in [0.2, 0.25) is 0 Å². The number of hydrogen-bond donors (Lipinski definition) is 1. The Bertz CT molecular complexity index is 580. The molecule has 0 saturated heterocycles. The highest BCUT2D eigenvalue weighted by Crippen LogP contribution is 2.20. The summed E-state index contributed by atoms with van der Waals surface area (Å²) in [6.45, 7) is 5.62. The molecule has 1 atom stereocenters. The number of benzene rings is 1. The van der Waals surface area contributed by atoms with Crippen LogP contribution in [0.4, 0.5) is 5.13 Å². The summed E-state index contributed by atoms with van der Waals surface area (Å²) in [5, 5.41) is 3.35. The van der Waals surface area contributed by atoms with Crippen LogP contribution in [0.3, 0.4) is 0 Å². The number of nitrogens with zero attached hydrogens (tertiary/aromatic N) is 1. The summed E-state index contributed by atoms with van der Waals surface area (Å²) in [6.07, 6.45) is 1.16. The highest BCUT2D eigenvalue weighted by Gasteiger charge is 2.16. The number of carbonyl (C=O) groups excluding carboxylic acids is 1. The van der Waals surface area contributed by atoms with Crippen LogP contribution in [0.25, 0.3) is 0 Å². The lowest BCUT2D eigenvalue weighted by Crippen LogP contribution is -2.30. The largest absolute Gasteiger partial charge is 0.481 e. The first-order chi connectivity index (χ1) is 9.06. The van der Waals surface area contributed by atoms with Gasteiger partial charge in [-0.05, 0) is 32.4 Å². The summed E-state index contributed by atoms with van der Waals surface area (Å²) in [7, 11) is 0. The predicted octanol–water partition coefficient (Wildman–Crippen LogP) is 3.17. The van der Waals surface area contributed by atoms with E-state index in [0.717, 1.165) is 16.2 Å². The van der Waals surface area contributed by atoms with Crippen LogP contribution >= 0.6 is 11.3 Å². The standard InChI is InChI=1S/C14H16N2O2S/c1-9-6-4-5-7-12(9)18-11(3)13(17)16-14-15-8-10(2)19-14/h4-8,11H,1-3H3,(H,15,16,17)/t11-/m0/s1. The van der Waals surface area contributed by atoms with Gasteiger partial charge in [-0.1, -0.05) is 18.2 Å². The molecular weight excluding hydrogens is 260 g/mol. The van der Waals surface area contributed by atoms with Gasteiger partial charge >= 0.3 is 0 Å². The van der Waals surface area contributed by atoms with Gasteiger partial charge in [0.25, 0.3) is 5.91 Å². The van der Waals surface area contributed by atoms with Gasteiger partial charge in [0.1, 0.15) is 5.75 Å². The lowest BCUT2D eigenvalue weighted by molar-refractivity contribution is -0.122. The van der Waals surface area contributed by atoms with E-state index in [-0.39, 0.29) is 5.91 Å². The zero-order valence-electron chi connectivity index (χ0n) is 11.1. The molecule has 100 valence electrons. The minimum Gasteiger partial charge on any atom is -0.481 e. The molecule has 1 N–H and O–H groups in total. The molecule has 19 heavy (non-hydrogen) atoms. The summed E-state index contributed by atoms with van der Waals surface area (Å²) in [5.74, 6) is 0.526. The lowest BCUT2D eigenvalue weighted by Gasteiger charge is -2.15. The van der Waals surface area contributed by atoms with Crippen LogP contribution in [-0.4, -0.2) is 17.0 Å². The molecule has 4 nitrogen and oxygen atoms in total. The van der Waals surface area contributed by atoms with Gasteiger partial charge < -0.3 is 4.74 Å². The minimum atomic E-state index is -0.565. The molecule has 1 amide bonds. The first-order valence-corrected chi connectivity index (χ1v) is 6.83. The quantitative estimate of drug-likeness (QED) is 0.933. The van der Waals surface area contributed by atoms with Gasteiger partial charge in [0.15, 0.2) is 11.2 Å². The molecule has 0 bridgehead atoms. The van der Waals surface area contributed by atoms with Gasteiger partial charge in [-0.2, -0.15) is 0 Å². The Morgan fingerprint density at radius 3 is 2.74 bits per heavy atom. The third kappa shape index (κ3) is 3.54. The van der Waals surface area contributed by atoms with E-state index in [0.29, 0.717) is 5.13 Å². The molecule has 1 heterocycles. The Hall–Kier alpha value is -1.88. The maximum absolute atomic E-state index is 12.0. The van der Waals surface area contributed by atoms with Crippen LogP contribution in [-0.2, 0) is 4.79 Å². The van der Waals surface area contributed by atoms with Crippen molar-refractivity contribution in [1.29, 1.82) is 0 Å². The van der Waals surface area contributed by atoms with Crippen molar-refractivity contribution in [2.45, 2.75) is 26.9 Å². The number of aromatic nitrogens is 1. The number of ether oxygens (including phenoxy) is 1. The third-order valence-corrected chi connectivity index (χ3v) is 3.45. The molecule has 0 aliphatic rings. The predicted molar refractivity (Wildman–Crippen MR) is 76.7 cm³/mol. The van der Waals surface area contributed by atoms with E-state index < -0.39 is 6.10 Å². The maximum Gasteiger partial charge on any atom is 0.266 e. The smallest absolute Gasteiger partial charge is 0.266 e. The molecule has 0 spiro atoms. The van der Waals surface area contributed by atoms with Crippen LogP contribution in [0.5, 0.6) is 5.75 Å². The second-order valence-corrected chi connectivity index (χ2v) is 5.53. The molecule has 0 saturated carbocycles. The number of anilines is 1. The maximum atomic E-state index is 12.0. The molecule has 0 aliphatic carbocycles. The number of para-hydroxylation sites is 1. The first kappa shape index (κ1) is 13.5. The number of thiazole rings is 1. The molecule has 2 rings (SSSR count). The number of hydrogen-bond acceptors (Lipinski definition) is 4. The van der Waals surface area contributed by atoms with Crippen LogP contribution in [0, 0.1) is 13.8 Å². The van der Waals surface area contributed by atoms with Crippen molar-refractivity contribution in [2.24, 2.45) is 0 Å². The monoisotopic (exact) mass is 276 g/mol. The third-order valence-electron chi connectivity index (χ3n) is 2.62. The normalized spacial score (nSPS) is 11.9. The molecule has 0 unspecified atom stereocenters. The fourth-order valence-corrected chi connectivity index (χ4v) is 2.22. The van der Waals surface area contributed by atoms with E-state index >= 15 is 0 Å². The van der Waals surface area contributed by atoms with Gasteiger partial charge in [-0.3, -0.25) is 10.1 Å². The Morgan fingerprint density at radius 1 is 1.37 bits per heavy atom. The first-order valence-electron chi connectivity index (χ1n) is 6.02. The number of carbonyl (C=O) groups is 1. The van der Waals surface area contributed by atoms with Crippen molar-refractivity contribution < 1.29 is 9.53 Å². The van der Waals surface area contributed by atoms with Crippen molar-refractivity contribution in [3.63, 3.8) is 0 Å². The SMILES string of the molecule is Cc1cnc(NC(=O)[C@H](C)Oc2ccccc2C)s1. The van der Waals surface area contributed by atoms with Gasteiger partial charge in [-0.15, -0.1) is 11.3 Å². The Balaban J connectivity index is 1.98. The second-order valence-electron chi connectivity index (χ2n) is 4.29. The van der Waals surface area contributed by atoms with Gasteiger partial charge in [0, 0.05) is 11.1 Å². The summed E-state index contributed by atoms with van der Waals surface area (Å²) in [5.41, 5.74) is 1.01. The Morgan fingerprint density at radius 2 is 2.11 bits per heavy atom. The van der Waals surface area contributed by atoms with Crippen molar-refractivity contribution in [1.82, 2.24) is 4.98 Å². The van der Waals surface area contributed by atoms with E-state index in [1.165, 1.54) is 11.3 Å². The fraction of sp³-hybridized carbons (Fsp3) is 0.286. The molecule has 1 aromatic heterocycles. The molecule has 0 fully saturated rings. The average Bonchev–Trinajstić information content (AvgIpc) is 2.77. The topological polar surface area (TPSA) is 51.2 Å². The number of amides is 1. The Kier molecular flexibility index (Phi) is 4.16. The van der Waals surface area contributed by atoms with Crippen LogP contribution < -0.4 is 10.1 Å². The van der Waals surface area contributed by atoms with E-state index in [9.17, 15) is 4.79 Å². The highest BCUT2D eigenvalue weighted by molar-refractivity contribution is 7.15. The van der Waals surface area contributed by atoms with Gasteiger partial charge in [0.05, 0.1) is 0 Å². The lowest BCUT2D eigenvalue weighted by atomic mass is 10.2. The highest BCUT2D eigenvalue weighted by atomic mass is 32.1. The number of nitrogens with one attached hydrogen (secondary N) is 1. The molecule has 0 aliphatic heterocycles. The van der Waals surface area contributed by atoms with Crippen molar-refractivity contribution in [3.05, 3.63) is 40.9 Å². The van der Waals surface area contributed by atoms with Crippen molar-refractivity contribution >= 4 is 22.4 Å². The molecule has 0 radical (unpaired) electrons. The van der Waals surface area contributed by atoms with E-state index in [2.05, 4.69) is 10.3 Å². The van der Waals surface area contributed by atoms with E-state index in [1.54, 1.807) is 13.1 Å². The summed E-state index contributed by atoms with van der Waals surface area (Å²) < 4.78 is 5.65. The zero-order chi connectivity index (χ0) is 13.8. The average molecular weight is 276 g/mol. The fourth-order valence-electron chi connectivity index (χ4n) is 1.55.